The van der Waals surface area contributed by atoms with E-state index in [-0.39, 0.29) is 19.0 Å². The molecule has 1 atom stereocenters. The first-order valence-electron chi connectivity index (χ1n) is 9.10. The number of halogens is 1. The van der Waals surface area contributed by atoms with E-state index < -0.39 is 22.0 Å². The van der Waals surface area contributed by atoms with Crippen LogP contribution in [0.2, 0.25) is 0 Å². The van der Waals surface area contributed by atoms with Crippen molar-refractivity contribution in [2.75, 3.05) is 30.3 Å². The molecule has 0 saturated carbocycles. The number of anilines is 1. The molecule has 0 radical (unpaired) electrons. The molecule has 1 amide bonds. The van der Waals surface area contributed by atoms with Crippen molar-refractivity contribution in [3.63, 3.8) is 0 Å². The van der Waals surface area contributed by atoms with Gasteiger partial charge in [0.05, 0.1) is 25.1 Å². The summed E-state index contributed by atoms with van der Waals surface area (Å²) in [5.41, 5.74) is 0.362. The fraction of sp³-hybridized carbons (Fsp3) is 0.350. The first kappa shape index (κ1) is 22.5. The Labute approximate surface area is 170 Å². The van der Waals surface area contributed by atoms with Gasteiger partial charge in [-0.2, -0.15) is 0 Å². The summed E-state index contributed by atoms with van der Waals surface area (Å²) in [5.74, 6) is 0.252. The summed E-state index contributed by atoms with van der Waals surface area (Å²) in [6, 6.07) is 11.0. The van der Waals surface area contributed by atoms with Gasteiger partial charge in [-0.1, -0.05) is 0 Å². The van der Waals surface area contributed by atoms with Crippen LogP contribution < -0.4 is 19.1 Å². The van der Waals surface area contributed by atoms with Crippen molar-refractivity contribution in [3.8, 4) is 11.5 Å². The smallest absolute Gasteiger partial charge is 0.243 e. The number of ether oxygens (including phenoxy) is 2. The molecule has 2 aromatic carbocycles. The molecule has 0 bridgehead atoms. The summed E-state index contributed by atoms with van der Waals surface area (Å²) in [6.45, 7) is 4.18. The van der Waals surface area contributed by atoms with Crippen LogP contribution in [0.5, 0.6) is 11.5 Å². The van der Waals surface area contributed by atoms with Gasteiger partial charge in [0.1, 0.15) is 30.0 Å². The number of nitrogens with zero attached hydrogens (tertiary/aromatic N) is 1. The summed E-state index contributed by atoms with van der Waals surface area (Å²) in [4.78, 5) is 12.5. The molecule has 0 spiro atoms. The van der Waals surface area contributed by atoms with Gasteiger partial charge >= 0.3 is 0 Å². The SMILES string of the molecule is CCOc1ccc(N([C@H](C)C(=O)NCCOc2ccc(F)cc2)S(C)(=O)=O)cc1. The minimum Gasteiger partial charge on any atom is -0.494 e. The van der Waals surface area contributed by atoms with Crippen LogP contribution in [-0.4, -0.2) is 46.4 Å². The van der Waals surface area contributed by atoms with E-state index in [0.29, 0.717) is 23.8 Å². The molecule has 0 aliphatic heterocycles. The van der Waals surface area contributed by atoms with E-state index in [1.54, 1.807) is 24.3 Å². The molecule has 0 aliphatic carbocycles. The van der Waals surface area contributed by atoms with Gasteiger partial charge in [-0.15, -0.1) is 0 Å². The van der Waals surface area contributed by atoms with Gasteiger partial charge in [0.25, 0.3) is 0 Å². The van der Waals surface area contributed by atoms with Gasteiger partial charge < -0.3 is 14.8 Å². The number of nitrogens with one attached hydrogen (secondary N) is 1. The Kier molecular flexibility index (Phi) is 7.83. The molecule has 0 aromatic heterocycles. The third-order valence-electron chi connectivity index (χ3n) is 3.97. The molecular weight excluding hydrogens is 399 g/mol. The molecule has 0 heterocycles. The maximum absolute atomic E-state index is 12.9. The summed E-state index contributed by atoms with van der Waals surface area (Å²) >= 11 is 0. The zero-order valence-corrected chi connectivity index (χ0v) is 17.4. The second kappa shape index (κ2) is 10.1. The number of hydrogen-bond donors (Lipinski definition) is 1. The van der Waals surface area contributed by atoms with Crippen LogP contribution >= 0.6 is 0 Å². The highest BCUT2D eigenvalue weighted by atomic mass is 32.2. The number of carbonyl (C=O) groups excluding carboxylic acids is 1. The molecule has 2 rings (SSSR count). The van der Waals surface area contributed by atoms with Gasteiger partial charge in [0, 0.05) is 0 Å². The number of carbonyl (C=O) groups is 1. The Morgan fingerprint density at radius 1 is 1.07 bits per heavy atom. The van der Waals surface area contributed by atoms with Crippen molar-refractivity contribution in [3.05, 3.63) is 54.3 Å². The van der Waals surface area contributed by atoms with Crippen molar-refractivity contribution in [2.24, 2.45) is 0 Å². The van der Waals surface area contributed by atoms with Crippen LogP contribution in [-0.2, 0) is 14.8 Å². The van der Waals surface area contributed by atoms with Gasteiger partial charge in [0.2, 0.25) is 15.9 Å². The predicted molar refractivity (Wildman–Crippen MR) is 109 cm³/mol. The van der Waals surface area contributed by atoms with E-state index in [1.165, 1.54) is 31.2 Å². The minimum atomic E-state index is -3.70. The third kappa shape index (κ3) is 6.63. The van der Waals surface area contributed by atoms with Crippen molar-refractivity contribution in [1.29, 1.82) is 0 Å². The van der Waals surface area contributed by atoms with Crippen molar-refractivity contribution in [2.45, 2.75) is 19.9 Å². The molecular formula is C20H25FN2O5S. The largest absolute Gasteiger partial charge is 0.494 e. The van der Waals surface area contributed by atoms with Gasteiger partial charge in [-0.25, -0.2) is 12.8 Å². The van der Waals surface area contributed by atoms with E-state index >= 15 is 0 Å². The highest BCUT2D eigenvalue weighted by Crippen LogP contribution is 2.24. The van der Waals surface area contributed by atoms with E-state index in [1.807, 2.05) is 6.92 Å². The quantitative estimate of drug-likeness (QED) is 0.593. The summed E-state index contributed by atoms with van der Waals surface area (Å²) in [7, 11) is -3.70. The number of hydrogen-bond acceptors (Lipinski definition) is 5. The molecule has 0 unspecified atom stereocenters. The van der Waals surface area contributed by atoms with Crippen LogP contribution in [0.1, 0.15) is 13.8 Å². The molecule has 0 aliphatic rings. The summed E-state index contributed by atoms with van der Waals surface area (Å²) < 4.78 is 49.3. The lowest BCUT2D eigenvalue weighted by atomic mass is 10.2. The first-order chi connectivity index (χ1) is 13.7. The highest BCUT2D eigenvalue weighted by Gasteiger charge is 2.28. The van der Waals surface area contributed by atoms with Crippen molar-refractivity contribution >= 4 is 21.6 Å². The van der Waals surface area contributed by atoms with Gasteiger partial charge in [-0.3, -0.25) is 9.10 Å². The number of benzene rings is 2. The van der Waals surface area contributed by atoms with Crippen LogP contribution in [0, 0.1) is 5.82 Å². The van der Waals surface area contributed by atoms with E-state index in [4.69, 9.17) is 9.47 Å². The summed E-state index contributed by atoms with van der Waals surface area (Å²) in [6.07, 6.45) is 1.05. The maximum atomic E-state index is 12.9. The molecule has 158 valence electrons. The molecule has 0 saturated heterocycles. The number of sulfonamides is 1. The lowest BCUT2D eigenvalue weighted by molar-refractivity contribution is -0.121. The maximum Gasteiger partial charge on any atom is 0.243 e. The molecule has 2 aromatic rings. The zero-order valence-electron chi connectivity index (χ0n) is 16.6. The normalized spacial score (nSPS) is 12.1. The highest BCUT2D eigenvalue weighted by molar-refractivity contribution is 7.92. The Hall–Kier alpha value is -2.81. The second-order valence-corrected chi connectivity index (χ2v) is 8.11. The van der Waals surface area contributed by atoms with Gasteiger partial charge in [-0.05, 0) is 62.4 Å². The standard InChI is InChI=1S/C20H25FN2O5S/c1-4-27-18-11-7-17(8-12-18)23(29(3,25)26)15(2)20(24)22-13-14-28-19-9-5-16(21)6-10-19/h5-12,15H,4,13-14H2,1-3H3,(H,22,24)/t15-/m1/s1. The molecule has 7 nitrogen and oxygen atoms in total. The minimum absolute atomic E-state index is 0.159. The number of rotatable bonds is 10. The second-order valence-electron chi connectivity index (χ2n) is 6.26. The lowest BCUT2D eigenvalue weighted by Gasteiger charge is -2.28. The van der Waals surface area contributed by atoms with E-state index in [9.17, 15) is 17.6 Å². The Morgan fingerprint density at radius 3 is 2.17 bits per heavy atom. The fourth-order valence-corrected chi connectivity index (χ4v) is 3.86. The van der Waals surface area contributed by atoms with E-state index in [0.717, 1.165) is 10.6 Å². The zero-order chi connectivity index (χ0) is 21.4. The lowest BCUT2D eigenvalue weighted by Crippen LogP contribution is -2.48. The van der Waals surface area contributed by atoms with Crippen molar-refractivity contribution in [1.82, 2.24) is 5.32 Å². The van der Waals surface area contributed by atoms with Crippen LogP contribution in [0.3, 0.4) is 0 Å². The monoisotopic (exact) mass is 424 g/mol. The Bertz CT molecular complexity index is 901. The Balaban J connectivity index is 1.98. The molecule has 29 heavy (non-hydrogen) atoms. The predicted octanol–water partition coefficient (Wildman–Crippen LogP) is 2.57. The average Bonchev–Trinajstić information content (AvgIpc) is 2.67. The first-order valence-corrected chi connectivity index (χ1v) is 11.0. The van der Waals surface area contributed by atoms with E-state index in [2.05, 4.69) is 5.32 Å². The third-order valence-corrected chi connectivity index (χ3v) is 5.22. The molecule has 1 N–H and O–H groups in total. The fourth-order valence-electron chi connectivity index (χ4n) is 2.69. The van der Waals surface area contributed by atoms with Crippen LogP contribution in [0.15, 0.2) is 48.5 Å². The Morgan fingerprint density at radius 2 is 1.62 bits per heavy atom. The molecule has 9 heteroatoms. The number of amides is 1. The van der Waals surface area contributed by atoms with Crippen LogP contribution in [0.25, 0.3) is 0 Å². The van der Waals surface area contributed by atoms with Crippen LogP contribution in [0.4, 0.5) is 10.1 Å². The van der Waals surface area contributed by atoms with Gasteiger partial charge in [0.15, 0.2) is 0 Å². The average molecular weight is 424 g/mol. The van der Waals surface area contributed by atoms with Crippen molar-refractivity contribution < 1.29 is 27.1 Å². The topological polar surface area (TPSA) is 84.9 Å². The summed E-state index contributed by atoms with van der Waals surface area (Å²) in [5, 5.41) is 2.65. The molecule has 0 fully saturated rings.